The molecule has 0 aliphatic rings. The number of rotatable bonds is 7. The molecule has 0 fully saturated rings. The number of sulfonamides is 1. The van der Waals surface area contributed by atoms with Crippen LogP contribution in [0.1, 0.15) is 5.56 Å². The lowest BCUT2D eigenvalue weighted by molar-refractivity contribution is -0.135. The second kappa shape index (κ2) is 7.03. The summed E-state index contributed by atoms with van der Waals surface area (Å²) in [6.45, 7) is 0.0897. The van der Waals surface area contributed by atoms with Crippen molar-refractivity contribution in [2.24, 2.45) is 0 Å². The Labute approximate surface area is 112 Å². The van der Waals surface area contributed by atoms with Gasteiger partial charge in [0.25, 0.3) is 0 Å². The quantitative estimate of drug-likeness (QED) is 0.668. The third-order valence-corrected chi connectivity index (χ3v) is 3.65. The van der Waals surface area contributed by atoms with Gasteiger partial charge in [-0.15, -0.1) is 0 Å². The van der Waals surface area contributed by atoms with Gasteiger partial charge in [-0.25, -0.2) is 8.42 Å². The molecule has 0 heterocycles. The maximum Gasteiger partial charge on any atom is 0.318 e. The summed E-state index contributed by atoms with van der Waals surface area (Å²) >= 11 is 0. The number of likely N-dealkylation sites (N-methyl/N-ethyl adjacent to an activating group) is 1. The van der Waals surface area contributed by atoms with Crippen LogP contribution in [-0.4, -0.2) is 39.6 Å². The predicted molar refractivity (Wildman–Crippen MR) is 72.2 cm³/mol. The summed E-state index contributed by atoms with van der Waals surface area (Å²) in [6.07, 6.45) is 3.77. The van der Waals surface area contributed by atoms with Crippen LogP contribution in [0.4, 0.5) is 0 Å². The van der Waals surface area contributed by atoms with Crippen molar-refractivity contribution in [2.45, 2.75) is 4.90 Å². The summed E-state index contributed by atoms with van der Waals surface area (Å²) in [5.41, 5.74) is 0.868. The Balaban J connectivity index is 2.77. The lowest BCUT2D eigenvalue weighted by Crippen LogP contribution is -2.29. The maximum atomic E-state index is 11.7. The Hall–Kier alpha value is -1.70. The van der Waals surface area contributed by atoms with E-state index in [0.29, 0.717) is 0 Å². The summed E-state index contributed by atoms with van der Waals surface area (Å²) in [6, 6.07) is 6.18. The highest BCUT2D eigenvalue weighted by atomic mass is 32.2. The normalized spacial score (nSPS) is 11.8. The molecule has 6 nitrogen and oxygen atoms in total. The Morgan fingerprint density at radius 3 is 2.47 bits per heavy atom. The highest BCUT2D eigenvalue weighted by Gasteiger charge is 2.14. The molecule has 104 valence electrons. The van der Waals surface area contributed by atoms with E-state index in [2.05, 4.69) is 5.32 Å². The number of hydrogen-bond acceptors (Lipinski definition) is 4. The molecule has 0 radical (unpaired) electrons. The van der Waals surface area contributed by atoms with Crippen LogP contribution in [0.15, 0.2) is 35.2 Å². The number of carboxylic acid groups (broad SMARTS) is 1. The minimum absolute atomic E-state index is 0.0412. The fourth-order valence-corrected chi connectivity index (χ4v) is 2.29. The van der Waals surface area contributed by atoms with E-state index in [1.54, 1.807) is 12.1 Å². The molecule has 0 bridgehead atoms. The van der Waals surface area contributed by atoms with Gasteiger partial charge in [-0.2, -0.15) is 4.72 Å². The smallest absolute Gasteiger partial charge is 0.318 e. The van der Waals surface area contributed by atoms with Gasteiger partial charge in [-0.3, -0.25) is 4.79 Å². The second-order valence-corrected chi connectivity index (χ2v) is 5.51. The first-order valence-electron chi connectivity index (χ1n) is 5.58. The first-order valence-corrected chi connectivity index (χ1v) is 7.06. The van der Waals surface area contributed by atoms with Crippen LogP contribution in [0, 0.1) is 0 Å². The molecule has 0 amide bonds. The standard InChI is InChI=1S/C12H16N2O4S/c1-13-8-2-3-10-4-6-11(7-5-10)19(17,18)14-9-12(15)16/h2-7,13-14H,8-9H2,1H3,(H,15,16). The minimum atomic E-state index is -3.76. The van der Waals surface area contributed by atoms with Gasteiger partial charge < -0.3 is 10.4 Å². The van der Waals surface area contributed by atoms with E-state index >= 15 is 0 Å². The monoisotopic (exact) mass is 284 g/mol. The first kappa shape index (κ1) is 15.4. The van der Waals surface area contributed by atoms with Crippen molar-refractivity contribution in [2.75, 3.05) is 20.1 Å². The van der Waals surface area contributed by atoms with E-state index in [1.807, 2.05) is 23.9 Å². The molecule has 3 N–H and O–H groups in total. The fraction of sp³-hybridized carbons (Fsp3) is 0.250. The van der Waals surface area contributed by atoms with E-state index in [1.165, 1.54) is 12.1 Å². The van der Waals surface area contributed by atoms with Crippen molar-refractivity contribution in [3.8, 4) is 0 Å². The van der Waals surface area contributed by atoms with Gasteiger partial charge in [0.1, 0.15) is 6.54 Å². The summed E-state index contributed by atoms with van der Waals surface area (Å²) in [5.74, 6) is -1.23. The molecule has 1 aromatic rings. The molecule has 0 spiro atoms. The van der Waals surface area contributed by atoms with Crippen molar-refractivity contribution < 1.29 is 18.3 Å². The van der Waals surface area contributed by atoms with Gasteiger partial charge in [-0.05, 0) is 24.7 Å². The molecule has 0 saturated carbocycles. The molecule has 0 unspecified atom stereocenters. The van der Waals surface area contributed by atoms with Gasteiger partial charge in [0.15, 0.2) is 0 Å². The summed E-state index contributed by atoms with van der Waals surface area (Å²) in [7, 11) is -1.94. The lowest BCUT2D eigenvalue weighted by atomic mass is 10.2. The first-order chi connectivity index (χ1) is 8.95. The molecule has 0 saturated heterocycles. The van der Waals surface area contributed by atoms with Crippen molar-refractivity contribution in [1.29, 1.82) is 0 Å². The average Bonchev–Trinajstić information content (AvgIpc) is 2.37. The van der Waals surface area contributed by atoms with E-state index < -0.39 is 22.5 Å². The Morgan fingerprint density at radius 2 is 1.95 bits per heavy atom. The molecule has 1 rings (SSSR count). The van der Waals surface area contributed by atoms with Crippen LogP contribution in [0.5, 0.6) is 0 Å². The second-order valence-electron chi connectivity index (χ2n) is 3.75. The van der Waals surface area contributed by atoms with Gasteiger partial charge in [-0.1, -0.05) is 24.3 Å². The zero-order valence-corrected chi connectivity index (χ0v) is 11.3. The summed E-state index contributed by atoms with van der Waals surface area (Å²) in [5, 5.41) is 11.4. The van der Waals surface area contributed by atoms with Crippen LogP contribution >= 0.6 is 0 Å². The van der Waals surface area contributed by atoms with Gasteiger partial charge in [0, 0.05) is 6.54 Å². The highest BCUT2D eigenvalue weighted by molar-refractivity contribution is 7.89. The zero-order chi connectivity index (χ0) is 14.3. The average molecular weight is 284 g/mol. The number of hydrogen-bond donors (Lipinski definition) is 3. The highest BCUT2D eigenvalue weighted by Crippen LogP contribution is 2.11. The molecule has 0 aliphatic carbocycles. The Kier molecular flexibility index (Phi) is 5.68. The number of nitrogens with one attached hydrogen (secondary N) is 2. The SMILES string of the molecule is CNCC=Cc1ccc(S(=O)(=O)NCC(=O)O)cc1. The topological polar surface area (TPSA) is 95.5 Å². The largest absolute Gasteiger partial charge is 0.480 e. The number of carbonyl (C=O) groups is 1. The third kappa shape index (κ3) is 5.21. The molecule has 0 aliphatic heterocycles. The predicted octanol–water partition coefficient (Wildman–Crippen LogP) is 0.282. The molecule has 19 heavy (non-hydrogen) atoms. The molecule has 7 heteroatoms. The number of aliphatic carboxylic acids is 1. The number of benzene rings is 1. The van der Waals surface area contributed by atoms with Crippen LogP contribution in [0.2, 0.25) is 0 Å². The van der Waals surface area contributed by atoms with E-state index in [4.69, 9.17) is 5.11 Å². The van der Waals surface area contributed by atoms with E-state index in [-0.39, 0.29) is 4.90 Å². The Bertz CT molecular complexity index is 550. The summed E-state index contributed by atoms with van der Waals surface area (Å²) < 4.78 is 25.4. The zero-order valence-electron chi connectivity index (χ0n) is 10.5. The van der Waals surface area contributed by atoms with Crippen LogP contribution in [0.25, 0.3) is 6.08 Å². The molecule has 0 atom stereocenters. The van der Waals surface area contributed by atoms with Crippen molar-refractivity contribution >= 4 is 22.1 Å². The molecule has 1 aromatic carbocycles. The van der Waals surface area contributed by atoms with Crippen LogP contribution in [0.3, 0.4) is 0 Å². The summed E-state index contributed by atoms with van der Waals surface area (Å²) in [4.78, 5) is 10.4. The third-order valence-electron chi connectivity index (χ3n) is 2.24. The van der Waals surface area contributed by atoms with Gasteiger partial charge in [0.05, 0.1) is 4.90 Å². The minimum Gasteiger partial charge on any atom is -0.480 e. The number of carboxylic acids is 1. The lowest BCUT2D eigenvalue weighted by Gasteiger charge is -2.04. The maximum absolute atomic E-state index is 11.7. The van der Waals surface area contributed by atoms with Crippen LogP contribution in [-0.2, 0) is 14.8 Å². The Morgan fingerprint density at radius 1 is 1.32 bits per heavy atom. The van der Waals surface area contributed by atoms with E-state index in [0.717, 1.165) is 12.1 Å². The van der Waals surface area contributed by atoms with Gasteiger partial charge in [0.2, 0.25) is 10.0 Å². The van der Waals surface area contributed by atoms with Crippen LogP contribution < -0.4 is 10.0 Å². The van der Waals surface area contributed by atoms with Crippen molar-refractivity contribution in [3.05, 3.63) is 35.9 Å². The molecule has 0 aromatic heterocycles. The fourth-order valence-electron chi connectivity index (χ4n) is 1.31. The van der Waals surface area contributed by atoms with E-state index in [9.17, 15) is 13.2 Å². The molecular weight excluding hydrogens is 268 g/mol. The van der Waals surface area contributed by atoms with Crippen molar-refractivity contribution in [1.82, 2.24) is 10.0 Å². The van der Waals surface area contributed by atoms with Gasteiger partial charge >= 0.3 is 5.97 Å². The van der Waals surface area contributed by atoms with Crippen molar-refractivity contribution in [3.63, 3.8) is 0 Å². The molecular formula is C12H16N2O4S.